The Balaban J connectivity index is 2.85. The number of carbonyl (C=O) groups is 1. The second kappa shape index (κ2) is 4.71. The normalized spacial score (nSPS) is 11.4. The van der Waals surface area contributed by atoms with Gasteiger partial charge >= 0.3 is 5.97 Å². The van der Waals surface area contributed by atoms with Crippen LogP contribution in [0.4, 0.5) is 0 Å². The van der Waals surface area contributed by atoms with Crippen LogP contribution in [0, 0.1) is 5.41 Å². The summed E-state index contributed by atoms with van der Waals surface area (Å²) in [4.78, 5) is 12.1. The molecule has 0 aliphatic carbocycles. The van der Waals surface area contributed by atoms with Gasteiger partial charge in [0.2, 0.25) is 0 Å². The van der Waals surface area contributed by atoms with Crippen molar-refractivity contribution in [2.75, 3.05) is 6.26 Å². The van der Waals surface area contributed by atoms with E-state index in [1.165, 1.54) is 4.90 Å². The zero-order chi connectivity index (χ0) is 11.5. The SMILES string of the molecule is CSc1cccc(CC(C)(C)C(=O)O)c1. The van der Waals surface area contributed by atoms with Crippen LogP contribution in [-0.4, -0.2) is 17.3 Å². The fourth-order valence-electron chi connectivity index (χ4n) is 1.37. The first-order chi connectivity index (χ1) is 6.95. The van der Waals surface area contributed by atoms with E-state index in [1.54, 1.807) is 25.6 Å². The van der Waals surface area contributed by atoms with Gasteiger partial charge in [-0.3, -0.25) is 4.79 Å². The minimum atomic E-state index is -0.753. The van der Waals surface area contributed by atoms with Gasteiger partial charge in [0.15, 0.2) is 0 Å². The molecule has 0 aliphatic heterocycles. The second-order valence-corrected chi connectivity index (χ2v) is 5.10. The monoisotopic (exact) mass is 224 g/mol. The van der Waals surface area contributed by atoms with Gasteiger partial charge in [-0.1, -0.05) is 12.1 Å². The molecule has 0 saturated heterocycles. The lowest BCUT2D eigenvalue weighted by atomic mass is 9.86. The minimum absolute atomic E-state index is 0.566. The number of benzene rings is 1. The lowest BCUT2D eigenvalue weighted by Gasteiger charge is -2.19. The van der Waals surface area contributed by atoms with E-state index < -0.39 is 11.4 Å². The summed E-state index contributed by atoms with van der Waals surface area (Å²) in [6.07, 6.45) is 2.58. The van der Waals surface area contributed by atoms with E-state index in [-0.39, 0.29) is 0 Å². The van der Waals surface area contributed by atoms with E-state index in [2.05, 4.69) is 6.07 Å². The minimum Gasteiger partial charge on any atom is -0.481 e. The standard InChI is InChI=1S/C12H16O2S/c1-12(2,11(13)14)8-9-5-4-6-10(7-9)15-3/h4-7H,8H2,1-3H3,(H,13,14). The number of hydrogen-bond acceptors (Lipinski definition) is 2. The molecule has 0 fully saturated rings. The first-order valence-electron chi connectivity index (χ1n) is 4.82. The maximum atomic E-state index is 11.0. The first kappa shape index (κ1) is 12.1. The fraction of sp³-hybridized carbons (Fsp3) is 0.417. The molecular formula is C12H16O2S. The van der Waals surface area contributed by atoms with Crippen LogP contribution in [0.25, 0.3) is 0 Å². The molecule has 0 amide bonds. The topological polar surface area (TPSA) is 37.3 Å². The van der Waals surface area contributed by atoms with Crippen molar-refractivity contribution in [3.8, 4) is 0 Å². The van der Waals surface area contributed by atoms with E-state index in [0.717, 1.165) is 5.56 Å². The lowest BCUT2D eigenvalue weighted by Crippen LogP contribution is -2.26. The summed E-state index contributed by atoms with van der Waals surface area (Å²) >= 11 is 1.67. The predicted octanol–water partition coefficient (Wildman–Crippen LogP) is 3.06. The van der Waals surface area contributed by atoms with Gasteiger partial charge in [-0.2, -0.15) is 0 Å². The number of carboxylic acid groups (broad SMARTS) is 1. The van der Waals surface area contributed by atoms with Crippen LogP contribution in [-0.2, 0) is 11.2 Å². The van der Waals surface area contributed by atoms with Crippen LogP contribution in [0.15, 0.2) is 29.2 Å². The number of hydrogen-bond donors (Lipinski definition) is 1. The molecule has 0 bridgehead atoms. The fourth-order valence-corrected chi connectivity index (χ4v) is 1.85. The van der Waals surface area contributed by atoms with E-state index >= 15 is 0 Å². The van der Waals surface area contributed by atoms with Crippen LogP contribution in [0.1, 0.15) is 19.4 Å². The van der Waals surface area contributed by atoms with E-state index in [1.807, 2.05) is 24.5 Å². The zero-order valence-corrected chi connectivity index (χ0v) is 10.1. The largest absolute Gasteiger partial charge is 0.481 e. The summed E-state index contributed by atoms with van der Waals surface area (Å²) in [6, 6.07) is 8.03. The average molecular weight is 224 g/mol. The Bertz CT molecular complexity index is 358. The summed E-state index contributed by atoms with van der Waals surface area (Å²) in [5, 5.41) is 9.02. The Morgan fingerprint density at radius 2 is 2.13 bits per heavy atom. The van der Waals surface area contributed by atoms with Crippen molar-refractivity contribution < 1.29 is 9.90 Å². The molecule has 1 rings (SSSR count). The van der Waals surface area contributed by atoms with Gasteiger partial charge in [0.05, 0.1) is 5.41 Å². The first-order valence-corrected chi connectivity index (χ1v) is 6.04. The highest BCUT2D eigenvalue weighted by Crippen LogP contribution is 2.24. The molecule has 82 valence electrons. The van der Waals surface area contributed by atoms with Crippen LogP contribution in [0.3, 0.4) is 0 Å². The highest BCUT2D eigenvalue weighted by atomic mass is 32.2. The molecular weight excluding hydrogens is 208 g/mol. The molecule has 15 heavy (non-hydrogen) atoms. The van der Waals surface area contributed by atoms with Gasteiger partial charge in [0, 0.05) is 4.90 Å². The van der Waals surface area contributed by atoms with Crippen molar-refractivity contribution in [2.45, 2.75) is 25.2 Å². The smallest absolute Gasteiger partial charge is 0.309 e. The van der Waals surface area contributed by atoms with Gasteiger partial charge in [-0.15, -0.1) is 11.8 Å². The van der Waals surface area contributed by atoms with E-state index in [4.69, 9.17) is 5.11 Å². The molecule has 2 nitrogen and oxygen atoms in total. The number of carboxylic acids is 1. The molecule has 0 heterocycles. The maximum absolute atomic E-state index is 11.0. The van der Waals surface area contributed by atoms with E-state index in [9.17, 15) is 4.79 Å². The van der Waals surface area contributed by atoms with Crippen molar-refractivity contribution in [3.63, 3.8) is 0 Å². The average Bonchev–Trinajstić information content (AvgIpc) is 2.17. The van der Waals surface area contributed by atoms with Gasteiger partial charge < -0.3 is 5.11 Å². The van der Waals surface area contributed by atoms with Gasteiger partial charge in [0.25, 0.3) is 0 Å². The molecule has 0 aromatic heterocycles. The highest BCUT2D eigenvalue weighted by molar-refractivity contribution is 7.98. The summed E-state index contributed by atoms with van der Waals surface area (Å²) < 4.78 is 0. The molecule has 0 unspecified atom stereocenters. The summed E-state index contributed by atoms with van der Waals surface area (Å²) in [7, 11) is 0. The molecule has 0 saturated carbocycles. The van der Waals surface area contributed by atoms with E-state index in [0.29, 0.717) is 6.42 Å². The van der Waals surface area contributed by atoms with Crippen LogP contribution in [0.5, 0.6) is 0 Å². The van der Waals surface area contributed by atoms with Crippen molar-refractivity contribution >= 4 is 17.7 Å². The Kier molecular flexibility index (Phi) is 3.80. The zero-order valence-electron chi connectivity index (χ0n) is 9.28. The lowest BCUT2D eigenvalue weighted by molar-refractivity contribution is -0.146. The quantitative estimate of drug-likeness (QED) is 0.799. The summed E-state index contributed by atoms with van der Waals surface area (Å²) in [5.74, 6) is -0.753. The third kappa shape index (κ3) is 3.27. The Morgan fingerprint density at radius 1 is 1.47 bits per heavy atom. The molecule has 1 N–H and O–H groups in total. The van der Waals surface area contributed by atoms with Crippen molar-refractivity contribution in [1.29, 1.82) is 0 Å². The molecule has 0 aliphatic rings. The number of thioether (sulfide) groups is 1. The molecule has 0 spiro atoms. The number of aliphatic carboxylic acids is 1. The van der Waals surface area contributed by atoms with Gasteiger partial charge in [0.1, 0.15) is 0 Å². The van der Waals surface area contributed by atoms with Crippen molar-refractivity contribution in [1.82, 2.24) is 0 Å². The van der Waals surface area contributed by atoms with Crippen LogP contribution < -0.4 is 0 Å². The van der Waals surface area contributed by atoms with Crippen molar-refractivity contribution in [3.05, 3.63) is 29.8 Å². The molecule has 0 atom stereocenters. The molecule has 1 aromatic rings. The third-order valence-corrected chi connectivity index (χ3v) is 3.08. The number of rotatable bonds is 4. The predicted molar refractivity (Wildman–Crippen MR) is 63.3 cm³/mol. The Morgan fingerprint density at radius 3 is 2.67 bits per heavy atom. The highest BCUT2D eigenvalue weighted by Gasteiger charge is 2.27. The van der Waals surface area contributed by atoms with Crippen molar-refractivity contribution in [2.24, 2.45) is 5.41 Å². The molecule has 3 heteroatoms. The van der Waals surface area contributed by atoms with Gasteiger partial charge in [-0.05, 0) is 44.2 Å². The summed E-state index contributed by atoms with van der Waals surface area (Å²) in [5.41, 5.74) is 0.381. The third-order valence-electron chi connectivity index (χ3n) is 2.36. The maximum Gasteiger partial charge on any atom is 0.309 e. The molecule has 0 radical (unpaired) electrons. The summed E-state index contributed by atoms with van der Waals surface area (Å²) in [6.45, 7) is 3.50. The second-order valence-electron chi connectivity index (χ2n) is 4.22. The van der Waals surface area contributed by atoms with Crippen LogP contribution >= 0.6 is 11.8 Å². The Labute approximate surface area is 94.7 Å². The van der Waals surface area contributed by atoms with Gasteiger partial charge in [-0.25, -0.2) is 0 Å². The van der Waals surface area contributed by atoms with Crippen LogP contribution in [0.2, 0.25) is 0 Å². The Hall–Kier alpha value is -0.960. The molecule has 1 aromatic carbocycles.